The van der Waals surface area contributed by atoms with Gasteiger partial charge in [-0.3, -0.25) is 4.79 Å². The molecule has 0 heterocycles. The Morgan fingerprint density at radius 3 is 2.56 bits per heavy atom. The van der Waals surface area contributed by atoms with Crippen LogP contribution in [0.4, 0.5) is 11.4 Å². The molecule has 3 N–H and O–H groups in total. The van der Waals surface area contributed by atoms with Crippen molar-refractivity contribution in [2.75, 3.05) is 11.1 Å². The van der Waals surface area contributed by atoms with Crippen molar-refractivity contribution in [2.45, 2.75) is 13.8 Å². The van der Waals surface area contributed by atoms with Crippen molar-refractivity contribution in [1.82, 2.24) is 0 Å². The summed E-state index contributed by atoms with van der Waals surface area (Å²) < 4.78 is 0. The Morgan fingerprint density at radius 1 is 1.11 bits per heavy atom. The molecule has 18 heavy (non-hydrogen) atoms. The van der Waals surface area contributed by atoms with E-state index < -0.39 is 0 Å². The maximum atomic E-state index is 12.1. The number of carbonyl (C=O) groups is 1. The largest absolute Gasteiger partial charge is 0.399 e. The highest BCUT2D eigenvalue weighted by atomic mass is 16.1. The van der Waals surface area contributed by atoms with E-state index in [1.165, 1.54) is 0 Å². The van der Waals surface area contributed by atoms with E-state index in [1.807, 2.05) is 44.2 Å². The van der Waals surface area contributed by atoms with E-state index >= 15 is 0 Å². The second-order valence-electron chi connectivity index (χ2n) is 4.40. The van der Waals surface area contributed by atoms with Crippen LogP contribution in [0, 0.1) is 13.8 Å². The number of carbonyl (C=O) groups excluding carboxylic acids is 1. The second-order valence-corrected chi connectivity index (χ2v) is 4.40. The van der Waals surface area contributed by atoms with Crippen LogP contribution in [0.2, 0.25) is 0 Å². The minimum Gasteiger partial charge on any atom is -0.399 e. The number of hydrogen-bond acceptors (Lipinski definition) is 2. The van der Waals surface area contributed by atoms with Gasteiger partial charge >= 0.3 is 0 Å². The van der Waals surface area contributed by atoms with Crippen molar-refractivity contribution in [1.29, 1.82) is 0 Å². The molecule has 2 aromatic carbocycles. The molecular weight excluding hydrogens is 224 g/mol. The average Bonchev–Trinajstić information content (AvgIpc) is 2.32. The number of nitrogen functional groups attached to an aromatic ring is 1. The highest BCUT2D eigenvalue weighted by Gasteiger charge is 2.07. The molecule has 0 aliphatic rings. The molecule has 0 saturated heterocycles. The minimum absolute atomic E-state index is 0.105. The predicted molar refractivity (Wildman–Crippen MR) is 74.7 cm³/mol. The molecule has 92 valence electrons. The summed E-state index contributed by atoms with van der Waals surface area (Å²) in [7, 11) is 0. The van der Waals surface area contributed by atoms with Crippen molar-refractivity contribution in [3.05, 3.63) is 59.2 Å². The summed E-state index contributed by atoms with van der Waals surface area (Å²) in [5, 5.41) is 2.89. The molecule has 3 heteroatoms. The zero-order valence-corrected chi connectivity index (χ0v) is 10.5. The molecule has 0 fully saturated rings. The number of anilines is 2. The Kier molecular flexibility index (Phi) is 3.33. The third-order valence-corrected chi connectivity index (χ3v) is 2.78. The number of nitrogens with one attached hydrogen (secondary N) is 1. The van der Waals surface area contributed by atoms with Crippen LogP contribution in [0.3, 0.4) is 0 Å². The van der Waals surface area contributed by atoms with E-state index in [0.29, 0.717) is 11.3 Å². The van der Waals surface area contributed by atoms with Crippen LogP contribution in [-0.4, -0.2) is 5.91 Å². The van der Waals surface area contributed by atoms with Gasteiger partial charge in [0.15, 0.2) is 0 Å². The van der Waals surface area contributed by atoms with Gasteiger partial charge < -0.3 is 11.1 Å². The monoisotopic (exact) mass is 240 g/mol. The SMILES string of the molecule is Cc1cccc(C(=O)Nc2ccc(N)cc2C)c1. The normalized spacial score (nSPS) is 10.1. The van der Waals surface area contributed by atoms with E-state index in [0.717, 1.165) is 16.8 Å². The minimum atomic E-state index is -0.105. The molecule has 0 bridgehead atoms. The molecule has 2 rings (SSSR count). The summed E-state index contributed by atoms with van der Waals surface area (Å²) in [4.78, 5) is 12.1. The van der Waals surface area contributed by atoms with Gasteiger partial charge in [0, 0.05) is 16.9 Å². The summed E-state index contributed by atoms with van der Waals surface area (Å²) in [5.74, 6) is -0.105. The fourth-order valence-corrected chi connectivity index (χ4v) is 1.81. The lowest BCUT2D eigenvalue weighted by Gasteiger charge is -2.09. The fraction of sp³-hybridized carbons (Fsp3) is 0.133. The van der Waals surface area contributed by atoms with E-state index in [4.69, 9.17) is 5.73 Å². The van der Waals surface area contributed by atoms with Gasteiger partial charge in [-0.15, -0.1) is 0 Å². The second kappa shape index (κ2) is 4.92. The summed E-state index contributed by atoms with van der Waals surface area (Å²) in [5.41, 5.74) is 9.84. The molecular formula is C15H16N2O. The van der Waals surface area contributed by atoms with Gasteiger partial charge in [-0.05, 0) is 49.7 Å². The molecule has 0 atom stereocenters. The Morgan fingerprint density at radius 2 is 1.89 bits per heavy atom. The molecule has 3 nitrogen and oxygen atoms in total. The standard InChI is InChI=1S/C15H16N2O/c1-10-4-3-5-12(8-10)15(18)17-14-7-6-13(16)9-11(14)2/h3-9H,16H2,1-2H3,(H,17,18). The maximum Gasteiger partial charge on any atom is 0.255 e. The number of aryl methyl sites for hydroxylation is 2. The number of nitrogens with two attached hydrogens (primary N) is 1. The topological polar surface area (TPSA) is 55.1 Å². The van der Waals surface area contributed by atoms with Crippen LogP contribution >= 0.6 is 0 Å². The number of hydrogen-bond donors (Lipinski definition) is 2. The molecule has 0 spiro atoms. The van der Waals surface area contributed by atoms with Crippen LogP contribution in [-0.2, 0) is 0 Å². The van der Waals surface area contributed by atoms with Crippen molar-refractivity contribution in [3.63, 3.8) is 0 Å². The van der Waals surface area contributed by atoms with Gasteiger partial charge in [0.2, 0.25) is 0 Å². The lowest BCUT2D eigenvalue weighted by atomic mass is 10.1. The van der Waals surface area contributed by atoms with Gasteiger partial charge in [-0.1, -0.05) is 17.7 Å². The Hall–Kier alpha value is -2.29. The summed E-state index contributed by atoms with van der Waals surface area (Å²) in [6, 6.07) is 12.9. The molecule has 2 aromatic rings. The van der Waals surface area contributed by atoms with Crippen LogP contribution in [0.1, 0.15) is 21.5 Å². The third kappa shape index (κ3) is 2.69. The summed E-state index contributed by atoms with van der Waals surface area (Å²) >= 11 is 0. The van der Waals surface area contributed by atoms with Crippen LogP contribution in [0.25, 0.3) is 0 Å². The number of amides is 1. The van der Waals surface area contributed by atoms with Gasteiger partial charge in [0.25, 0.3) is 5.91 Å². The van der Waals surface area contributed by atoms with Crippen molar-refractivity contribution >= 4 is 17.3 Å². The predicted octanol–water partition coefficient (Wildman–Crippen LogP) is 3.14. The van der Waals surface area contributed by atoms with E-state index in [9.17, 15) is 4.79 Å². The average molecular weight is 240 g/mol. The Bertz CT molecular complexity index is 591. The van der Waals surface area contributed by atoms with E-state index in [-0.39, 0.29) is 5.91 Å². The van der Waals surface area contributed by atoms with Crippen LogP contribution in [0.15, 0.2) is 42.5 Å². The molecule has 0 aliphatic carbocycles. The Balaban J connectivity index is 2.21. The fourth-order valence-electron chi connectivity index (χ4n) is 1.81. The first kappa shape index (κ1) is 12.2. The zero-order chi connectivity index (χ0) is 13.1. The summed E-state index contributed by atoms with van der Waals surface area (Å²) in [6.07, 6.45) is 0. The highest BCUT2D eigenvalue weighted by molar-refractivity contribution is 6.04. The first-order valence-corrected chi connectivity index (χ1v) is 5.80. The van der Waals surface area contributed by atoms with Crippen molar-refractivity contribution in [2.24, 2.45) is 0 Å². The Labute approximate surface area is 107 Å². The molecule has 0 aromatic heterocycles. The van der Waals surface area contributed by atoms with Gasteiger partial charge in [0.1, 0.15) is 0 Å². The molecule has 0 saturated carbocycles. The van der Waals surface area contributed by atoms with E-state index in [1.54, 1.807) is 12.1 Å². The lowest BCUT2D eigenvalue weighted by Crippen LogP contribution is -2.12. The number of benzene rings is 2. The van der Waals surface area contributed by atoms with Gasteiger partial charge in [-0.25, -0.2) is 0 Å². The molecule has 0 unspecified atom stereocenters. The lowest BCUT2D eigenvalue weighted by molar-refractivity contribution is 0.102. The highest BCUT2D eigenvalue weighted by Crippen LogP contribution is 2.18. The zero-order valence-electron chi connectivity index (χ0n) is 10.5. The molecule has 0 aliphatic heterocycles. The first-order chi connectivity index (χ1) is 8.56. The maximum absolute atomic E-state index is 12.1. The quantitative estimate of drug-likeness (QED) is 0.792. The molecule has 0 radical (unpaired) electrons. The first-order valence-electron chi connectivity index (χ1n) is 5.80. The van der Waals surface area contributed by atoms with Crippen LogP contribution in [0.5, 0.6) is 0 Å². The van der Waals surface area contributed by atoms with Gasteiger partial charge in [-0.2, -0.15) is 0 Å². The number of rotatable bonds is 2. The molecule has 1 amide bonds. The van der Waals surface area contributed by atoms with Gasteiger partial charge in [0.05, 0.1) is 0 Å². The van der Waals surface area contributed by atoms with Crippen molar-refractivity contribution in [3.8, 4) is 0 Å². The summed E-state index contributed by atoms with van der Waals surface area (Å²) in [6.45, 7) is 3.88. The smallest absolute Gasteiger partial charge is 0.255 e. The third-order valence-electron chi connectivity index (χ3n) is 2.78. The van der Waals surface area contributed by atoms with E-state index in [2.05, 4.69) is 5.32 Å². The van der Waals surface area contributed by atoms with Crippen LogP contribution < -0.4 is 11.1 Å². The van der Waals surface area contributed by atoms with Crippen molar-refractivity contribution < 1.29 is 4.79 Å².